The Morgan fingerprint density at radius 3 is 2.71 bits per heavy atom. The minimum Gasteiger partial charge on any atom is -0.478 e. The molecule has 9 heteroatoms. The Kier molecular flexibility index (Phi) is 5.26. The fourth-order valence-corrected chi connectivity index (χ4v) is 4.41. The number of aromatic carboxylic acids is 1. The molecule has 1 saturated heterocycles. The molecule has 0 amide bonds. The van der Waals surface area contributed by atoms with Crippen LogP contribution in [0.25, 0.3) is 0 Å². The van der Waals surface area contributed by atoms with Gasteiger partial charge in [0.25, 0.3) is 0 Å². The highest BCUT2D eigenvalue weighted by molar-refractivity contribution is 9.10. The standard InChI is InChI=1S/C12H14BrClN2O4S/c13-10-7-8(6-9(11(10)14)12(17)18)21(19,20)16-4-1-2-15-3-5-16/h6-7,15H,1-5H2,(H,17,18). The molecule has 1 aliphatic heterocycles. The Balaban J connectivity index is 2.46. The fourth-order valence-electron chi connectivity index (χ4n) is 2.08. The predicted octanol–water partition coefficient (Wildman–Crippen LogP) is 1.78. The number of carboxylic acids is 1. The number of sulfonamides is 1. The van der Waals surface area contributed by atoms with Crippen LogP contribution in [0, 0.1) is 0 Å². The third-order valence-electron chi connectivity index (χ3n) is 3.17. The number of carbonyl (C=O) groups is 1. The zero-order chi connectivity index (χ0) is 15.6. The summed E-state index contributed by atoms with van der Waals surface area (Å²) < 4.78 is 26.8. The number of nitrogens with one attached hydrogen (secondary N) is 1. The maximum absolute atomic E-state index is 12.6. The first-order valence-electron chi connectivity index (χ1n) is 6.27. The summed E-state index contributed by atoms with van der Waals surface area (Å²) in [6.45, 7) is 2.08. The molecule has 1 heterocycles. The van der Waals surface area contributed by atoms with Crippen LogP contribution < -0.4 is 5.32 Å². The lowest BCUT2D eigenvalue weighted by Crippen LogP contribution is -2.34. The molecule has 0 unspecified atom stereocenters. The van der Waals surface area contributed by atoms with Crippen molar-refractivity contribution in [1.82, 2.24) is 9.62 Å². The lowest BCUT2D eigenvalue weighted by molar-refractivity contribution is 0.0696. The number of hydrogen-bond acceptors (Lipinski definition) is 4. The van der Waals surface area contributed by atoms with Crippen LogP contribution in [0.3, 0.4) is 0 Å². The van der Waals surface area contributed by atoms with Crippen molar-refractivity contribution < 1.29 is 18.3 Å². The van der Waals surface area contributed by atoms with Gasteiger partial charge >= 0.3 is 5.97 Å². The van der Waals surface area contributed by atoms with Gasteiger partial charge in [0.2, 0.25) is 10.0 Å². The molecule has 1 aliphatic rings. The van der Waals surface area contributed by atoms with Crippen molar-refractivity contribution in [3.8, 4) is 0 Å². The van der Waals surface area contributed by atoms with Gasteiger partial charge in [0.15, 0.2) is 0 Å². The third-order valence-corrected chi connectivity index (χ3v) is 6.31. The smallest absolute Gasteiger partial charge is 0.337 e. The van der Waals surface area contributed by atoms with E-state index in [2.05, 4.69) is 21.2 Å². The summed E-state index contributed by atoms with van der Waals surface area (Å²) in [6.07, 6.45) is 0.708. The molecule has 0 bridgehead atoms. The van der Waals surface area contributed by atoms with Crippen molar-refractivity contribution in [2.75, 3.05) is 26.2 Å². The number of hydrogen-bond donors (Lipinski definition) is 2. The molecule has 0 aromatic heterocycles. The first-order valence-corrected chi connectivity index (χ1v) is 8.88. The van der Waals surface area contributed by atoms with Gasteiger partial charge in [0.05, 0.1) is 15.5 Å². The first kappa shape index (κ1) is 16.7. The average Bonchev–Trinajstić information content (AvgIpc) is 2.70. The molecule has 2 N–H and O–H groups in total. The van der Waals surface area contributed by atoms with E-state index in [1.807, 2.05) is 0 Å². The van der Waals surface area contributed by atoms with E-state index >= 15 is 0 Å². The normalized spacial score (nSPS) is 17.4. The van der Waals surface area contributed by atoms with Crippen LogP contribution in [-0.4, -0.2) is 50.0 Å². The highest BCUT2D eigenvalue weighted by Crippen LogP contribution is 2.31. The molecule has 1 fully saturated rings. The second-order valence-electron chi connectivity index (χ2n) is 4.58. The van der Waals surface area contributed by atoms with Crippen molar-refractivity contribution in [3.63, 3.8) is 0 Å². The molecule has 0 spiro atoms. The van der Waals surface area contributed by atoms with Crippen molar-refractivity contribution in [2.24, 2.45) is 0 Å². The SMILES string of the molecule is O=C(O)c1cc(S(=O)(=O)N2CCCNCC2)cc(Br)c1Cl. The molecule has 2 rings (SSSR count). The van der Waals surface area contributed by atoms with Crippen LogP contribution in [-0.2, 0) is 10.0 Å². The number of rotatable bonds is 3. The zero-order valence-corrected chi connectivity index (χ0v) is 14.1. The lowest BCUT2D eigenvalue weighted by Gasteiger charge is -2.20. The van der Waals surface area contributed by atoms with E-state index in [1.54, 1.807) is 0 Å². The summed E-state index contributed by atoms with van der Waals surface area (Å²) in [5.41, 5.74) is -0.238. The maximum Gasteiger partial charge on any atom is 0.337 e. The fraction of sp³-hybridized carbons (Fsp3) is 0.417. The predicted molar refractivity (Wildman–Crippen MR) is 82.4 cm³/mol. The summed E-state index contributed by atoms with van der Waals surface area (Å²) in [4.78, 5) is 11.1. The molecule has 0 radical (unpaired) electrons. The van der Waals surface area contributed by atoms with Crippen LogP contribution in [0.4, 0.5) is 0 Å². The third kappa shape index (κ3) is 3.57. The summed E-state index contributed by atoms with van der Waals surface area (Å²) in [5.74, 6) is -1.27. The van der Waals surface area contributed by atoms with E-state index in [1.165, 1.54) is 10.4 Å². The molecule has 1 aromatic rings. The summed E-state index contributed by atoms with van der Waals surface area (Å²) in [7, 11) is -3.74. The molecule has 116 valence electrons. The van der Waals surface area contributed by atoms with Gasteiger partial charge in [0, 0.05) is 24.1 Å². The molecule has 21 heavy (non-hydrogen) atoms. The Hall–Kier alpha value is -0.670. The van der Waals surface area contributed by atoms with Crippen molar-refractivity contribution in [3.05, 3.63) is 27.2 Å². The average molecular weight is 398 g/mol. The monoisotopic (exact) mass is 396 g/mol. The maximum atomic E-state index is 12.6. The molecule has 0 saturated carbocycles. The summed E-state index contributed by atoms with van der Waals surface area (Å²) in [6, 6.07) is 2.44. The van der Waals surface area contributed by atoms with Crippen LogP contribution >= 0.6 is 27.5 Å². The molecule has 1 aromatic carbocycles. The van der Waals surface area contributed by atoms with Crippen molar-refractivity contribution in [1.29, 1.82) is 0 Å². The van der Waals surface area contributed by atoms with Crippen molar-refractivity contribution >= 4 is 43.5 Å². The minimum absolute atomic E-state index is 0.0148. The molecule has 0 aliphatic carbocycles. The molecule has 0 atom stereocenters. The van der Waals surface area contributed by atoms with Crippen LogP contribution in [0.15, 0.2) is 21.5 Å². The summed E-state index contributed by atoms with van der Waals surface area (Å²) >= 11 is 8.98. The van der Waals surface area contributed by atoms with Crippen molar-refractivity contribution in [2.45, 2.75) is 11.3 Å². The first-order chi connectivity index (χ1) is 9.84. The van der Waals surface area contributed by atoms with Gasteiger partial charge in [0.1, 0.15) is 0 Å². The van der Waals surface area contributed by atoms with Crippen LogP contribution in [0.2, 0.25) is 5.02 Å². The second kappa shape index (κ2) is 6.62. The highest BCUT2D eigenvalue weighted by Gasteiger charge is 2.27. The lowest BCUT2D eigenvalue weighted by atomic mass is 10.2. The number of carboxylic acid groups (broad SMARTS) is 1. The van der Waals surface area contributed by atoms with E-state index in [0.29, 0.717) is 26.1 Å². The minimum atomic E-state index is -3.74. The number of benzene rings is 1. The molecule has 6 nitrogen and oxygen atoms in total. The van der Waals surface area contributed by atoms with Gasteiger partial charge in [-0.3, -0.25) is 0 Å². The summed E-state index contributed by atoms with van der Waals surface area (Å²) in [5, 5.41) is 12.2. The van der Waals surface area contributed by atoms with E-state index in [-0.39, 0.29) is 20.0 Å². The van der Waals surface area contributed by atoms with E-state index in [4.69, 9.17) is 16.7 Å². The topological polar surface area (TPSA) is 86.7 Å². The van der Waals surface area contributed by atoms with E-state index in [0.717, 1.165) is 12.6 Å². The van der Waals surface area contributed by atoms with Gasteiger partial charge < -0.3 is 10.4 Å². The zero-order valence-electron chi connectivity index (χ0n) is 11.0. The Morgan fingerprint density at radius 2 is 2.05 bits per heavy atom. The van der Waals surface area contributed by atoms with Gasteiger partial charge in [-0.1, -0.05) is 11.6 Å². The quantitative estimate of drug-likeness (QED) is 0.812. The Morgan fingerprint density at radius 1 is 1.33 bits per heavy atom. The molecular formula is C12H14BrClN2O4S. The van der Waals surface area contributed by atoms with E-state index in [9.17, 15) is 13.2 Å². The molecular weight excluding hydrogens is 384 g/mol. The second-order valence-corrected chi connectivity index (χ2v) is 7.75. The van der Waals surface area contributed by atoms with Gasteiger partial charge in [-0.05, 0) is 41.0 Å². The Bertz CT molecular complexity index is 657. The van der Waals surface area contributed by atoms with Crippen LogP contribution in [0.1, 0.15) is 16.8 Å². The number of halogens is 2. The van der Waals surface area contributed by atoms with Gasteiger partial charge in [-0.2, -0.15) is 4.31 Å². The highest BCUT2D eigenvalue weighted by atomic mass is 79.9. The largest absolute Gasteiger partial charge is 0.478 e. The van der Waals surface area contributed by atoms with Gasteiger partial charge in [-0.25, -0.2) is 13.2 Å². The number of nitrogens with zero attached hydrogens (tertiary/aromatic N) is 1. The van der Waals surface area contributed by atoms with Gasteiger partial charge in [-0.15, -0.1) is 0 Å². The van der Waals surface area contributed by atoms with Crippen LogP contribution in [0.5, 0.6) is 0 Å². The van der Waals surface area contributed by atoms with E-state index < -0.39 is 16.0 Å². The Labute approximate surface area is 136 Å².